The number of aromatic nitrogens is 6. The Hall–Kier alpha value is -4.99. The fourth-order valence-electron chi connectivity index (χ4n) is 4.93. The molecule has 4 heterocycles. The number of hydrogen-bond donors (Lipinski definition) is 3. The van der Waals surface area contributed by atoms with E-state index in [1.54, 1.807) is 55.0 Å². The van der Waals surface area contributed by atoms with E-state index in [0.717, 1.165) is 19.3 Å². The summed E-state index contributed by atoms with van der Waals surface area (Å²) in [4.78, 5) is 28.8. The number of imidazole rings is 1. The van der Waals surface area contributed by atoms with Crippen LogP contribution in [0, 0.1) is 17.6 Å². The zero-order chi connectivity index (χ0) is 26.5. The van der Waals surface area contributed by atoms with Gasteiger partial charge in [0.15, 0.2) is 11.5 Å². The maximum Gasteiger partial charge on any atom is 0.227 e. The van der Waals surface area contributed by atoms with E-state index in [1.807, 2.05) is 0 Å². The number of nitrogens with one attached hydrogen (secondary N) is 3. The normalized spacial score (nSPS) is 13.6. The van der Waals surface area contributed by atoms with Gasteiger partial charge in [0.25, 0.3) is 0 Å². The van der Waals surface area contributed by atoms with Gasteiger partial charge in [-0.15, -0.1) is 0 Å². The van der Waals surface area contributed by atoms with E-state index in [0.29, 0.717) is 61.5 Å². The lowest BCUT2D eigenvalue weighted by molar-refractivity contribution is -0.122. The van der Waals surface area contributed by atoms with Crippen LogP contribution in [-0.4, -0.2) is 36.0 Å². The highest BCUT2D eigenvalue weighted by molar-refractivity contribution is 5.98. The Morgan fingerprint density at radius 2 is 1.85 bits per heavy atom. The molecule has 2 aromatic carbocycles. The Balaban J connectivity index is 1.29. The molecular formula is C29H21F2N7O. The fraction of sp³-hybridized carbons (Fsp3) is 0.138. The van der Waals surface area contributed by atoms with Crippen molar-refractivity contribution in [3.05, 3.63) is 78.8 Å². The lowest BCUT2D eigenvalue weighted by Gasteiger charge is -2.24. The monoisotopic (exact) mass is 521 g/mol. The number of H-pyrrole nitrogens is 2. The molecule has 1 aliphatic carbocycles. The highest BCUT2D eigenvalue weighted by Crippen LogP contribution is 2.35. The molecule has 0 bridgehead atoms. The van der Waals surface area contributed by atoms with E-state index < -0.39 is 5.82 Å². The number of benzene rings is 2. The summed E-state index contributed by atoms with van der Waals surface area (Å²) in [6.45, 7) is 0. The Kier molecular flexibility index (Phi) is 5.39. The van der Waals surface area contributed by atoms with Crippen LogP contribution >= 0.6 is 0 Å². The van der Waals surface area contributed by atoms with Crippen LogP contribution in [0.5, 0.6) is 0 Å². The number of fused-ring (bicyclic) bond motifs is 2. The Morgan fingerprint density at radius 3 is 2.67 bits per heavy atom. The first kappa shape index (κ1) is 23.2. The number of anilines is 1. The molecular weight excluding hydrogens is 500 g/mol. The highest BCUT2D eigenvalue weighted by atomic mass is 19.1. The minimum absolute atomic E-state index is 0.0208. The van der Waals surface area contributed by atoms with E-state index in [-0.39, 0.29) is 17.6 Å². The number of pyridine rings is 2. The quantitative estimate of drug-likeness (QED) is 0.248. The first-order valence-electron chi connectivity index (χ1n) is 12.6. The molecule has 1 amide bonds. The zero-order valence-electron chi connectivity index (χ0n) is 20.5. The molecule has 0 radical (unpaired) electrons. The Bertz CT molecular complexity index is 1890. The number of nitrogens with zero attached hydrogens (tertiary/aromatic N) is 4. The van der Waals surface area contributed by atoms with Gasteiger partial charge < -0.3 is 10.3 Å². The number of hydrogen-bond acceptors (Lipinski definition) is 5. The second kappa shape index (κ2) is 9.09. The van der Waals surface area contributed by atoms with Crippen molar-refractivity contribution in [2.24, 2.45) is 5.92 Å². The highest BCUT2D eigenvalue weighted by Gasteiger charge is 2.25. The van der Waals surface area contributed by atoms with Gasteiger partial charge in [0.1, 0.15) is 22.8 Å². The number of amides is 1. The summed E-state index contributed by atoms with van der Waals surface area (Å²) in [5, 5.41) is 10.8. The van der Waals surface area contributed by atoms with E-state index in [1.165, 1.54) is 12.1 Å². The van der Waals surface area contributed by atoms with Crippen LogP contribution < -0.4 is 5.32 Å². The minimum atomic E-state index is -0.463. The molecule has 39 heavy (non-hydrogen) atoms. The van der Waals surface area contributed by atoms with Gasteiger partial charge in [0, 0.05) is 52.0 Å². The average Bonchev–Trinajstić information content (AvgIpc) is 3.51. The van der Waals surface area contributed by atoms with E-state index in [2.05, 4.69) is 30.5 Å². The van der Waals surface area contributed by atoms with Crippen molar-refractivity contribution >= 4 is 33.7 Å². The van der Waals surface area contributed by atoms with Crippen molar-refractivity contribution in [3.8, 4) is 33.8 Å². The summed E-state index contributed by atoms with van der Waals surface area (Å²) >= 11 is 0. The number of aromatic amines is 2. The first-order valence-corrected chi connectivity index (χ1v) is 12.6. The number of rotatable bonds is 5. The van der Waals surface area contributed by atoms with Crippen molar-refractivity contribution in [2.75, 3.05) is 5.32 Å². The molecule has 0 aliphatic heterocycles. The standard InChI is InChI=1S/C29H21F2N7O/c30-22-7-2-1-6-18(22)19-8-9-33-27-25(19)35-28(36-27)26-21-11-20(23(31)12-24(21)37-38-26)16-10-17(14-32-13-16)34-29(39)15-4-3-5-15/h1-2,6-15H,3-5H2,(H,34,39)(H,37,38)(H,33,35,36). The molecule has 6 aromatic rings. The molecule has 8 nitrogen and oxygen atoms in total. The molecule has 4 aromatic heterocycles. The third-order valence-electron chi connectivity index (χ3n) is 7.22. The van der Waals surface area contributed by atoms with Crippen molar-refractivity contribution in [1.29, 1.82) is 0 Å². The lowest BCUT2D eigenvalue weighted by atomic mass is 9.85. The van der Waals surface area contributed by atoms with Gasteiger partial charge in [0.2, 0.25) is 5.91 Å². The molecule has 7 rings (SSSR count). The predicted molar refractivity (Wildman–Crippen MR) is 144 cm³/mol. The van der Waals surface area contributed by atoms with Crippen LogP contribution in [-0.2, 0) is 4.79 Å². The third-order valence-corrected chi connectivity index (χ3v) is 7.22. The third kappa shape index (κ3) is 4.01. The SMILES string of the molecule is O=C(Nc1cncc(-c2cc3c(-c4nc5c(-c6ccccc6F)ccnc5[nH]4)n[nH]c3cc2F)c1)C1CCC1. The van der Waals surface area contributed by atoms with Crippen LogP contribution in [0.3, 0.4) is 0 Å². The summed E-state index contributed by atoms with van der Waals surface area (Å²) in [7, 11) is 0. The summed E-state index contributed by atoms with van der Waals surface area (Å²) in [6, 6.07) is 12.9. The summed E-state index contributed by atoms with van der Waals surface area (Å²) < 4.78 is 29.8. The first-order chi connectivity index (χ1) is 19.0. The van der Waals surface area contributed by atoms with E-state index in [9.17, 15) is 9.18 Å². The van der Waals surface area contributed by atoms with Crippen molar-refractivity contribution < 1.29 is 13.6 Å². The number of carbonyl (C=O) groups excluding carboxylic acids is 1. The maximum absolute atomic E-state index is 15.2. The molecule has 1 fully saturated rings. The van der Waals surface area contributed by atoms with Gasteiger partial charge in [-0.1, -0.05) is 24.6 Å². The van der Waals surface area contributed by atoms with Gasteiger partial charge in [-0.3, -0.25) is 14.9 Å². The molecule has 192 valence electrons. The second-order valence-electron chi connectivity index (χ2n) is 9.65. The van der Waals surface area contributed by atoms with Gasteiger partial charge in [-0.2, -0.15) is 5.10 Å². The van der Waals surface area contributed by atoms with Crippen LogP contribution in [0.25, 0.3) is 55.8 Å². The number of halogens is 2. The molecule has 0 atom stereocenters. The molecule has 1 saturated carbocycles. The van der Waals surface area contributed by atoms with Crippen molar-refractivity contribution in [2.45, 2.75) is 19.3 Å². The largest absolute Gasteiger partial charge is 0.324 e. The zero-order valence-corrected chi connectivity index (χ0v) is 20.5. The second-order valence-corrected chi connectivity index (χ2v) is 9.65. The summed E-state index contributed by atoms with van der Waals surface area (Å²) in [5.41, 5.74) is 4.26. The van der Waals surface area contributed by atoms with Gasteiger partial charge in [0.05, 0.1) is 17.4 Å². The molecule has 3 N–H and O–H groups in total. The summed E-state index contributed by atoms with van der Waals surface area (Å²) in [6.07, 6.45) is 7.51. The van der Waals surface area contributed by atoms with Crippen LogP contribution in [0.1, 0.15) is 19.3 Å². The van der Waals surface area contributed by atoms with Crippen molar-refractivity contribution in [3.63, 3.8) is 0 Å². The van der Waals surface area contributed by atoms with Crippen LogP contribution in [0.4, 0.5) is 14.5 Å². The minimum Gasteiger partial charge on any atom is -0.324 e. The van der Waals surface area contributed by atoms with Gasteiger partial charge >= 0.3 is 0 Å². The van der Waals surface area contributed by atoms with E-state index in [4.69, 9.17) is 4.98 Å². The van der Waals surface area contributed by atoms with Crippen molar-refractivity contribution in [1.82, 2.24) is 30.1 Å². The molecule has 0 unspecified atom stereocenters. The Morgan fingerprint density at radius 1 is 0.974 bits per heavy atom. The average molecular weight is 522 g/mol. The topological polar surface area (TPSA) is 112 Å². The summed E-state index contributed by atoms with van der Waals surface area (Å²) in [5.74, 6) is -0.437. The van der Waals surface area contributed by atoms with E-state index >= 15 is 4.39 Å². The molecule has 10 heteroatoms. The lowest BCUT2D eigenvalue weighted by Crippen LogP contribution is -2.28. The molecule has 1 aliphatic rings. The maximum atomic E-state index is 15.2. The van der Waals surface area contributed by atoms with Gasteiger partial charge in [-0.25, -0.2) is 18.7 Å². The number of carbonyl (C=O) groups is 1. The Labute approximate surface area is 220 Å². The molecule has 0 spiro atoms. The fourth-order valence-corrected chi connectivity index (χ4v) is 4.93. The van der Waals surface area contributed by atoms with Gasteiger partial charge in [-0.05, 0) is 37.1 Å². The molecule has 0 saturated heterocycles. The van der Waals surface area contributed by atoms with Crippen LogP contribution in [0.15, 0.2) is 67.1 Å². The van der Waals surface area contributed by atoms with Crippen LogP contribution in [0.2, 0.25) is 0 Å². The predicted octanol–water partition coefficient (Wildman–Crippen LogP) is 6.25. The smallest absolute Gasteiger partial charge is 0.227 e.